The summed E-state index contributed by atoms with van der Waals surface area (Å²) in [6.45, 7) is 6.88. The van der Waals surface area contributed by atoms with Gasteiger partial charge in [0.05, 0.1) is 5.69 Å². The lowest BCUT2D eigenvalue weighted by molar-refractivity contribution is -0.128. The number of imidazole rings is 1. The minimum atomic E-state index is -0.389. The van der Waals surface area contributed by atoms with Gasteiger partial charge in [0.1, 0.15) is 35.0 Å². The standard InChI is InChI=1S/C34H38N8O3/c1-34(2,40-17-7-4-8-18-40)21-24(22-35)32(43)39-19-15-26(16-20-39)42-31-29(30(36)37-23-38-31)41(33(42)44)25-11-13-28(14-12-25)45-27-9-5-3-6-10-27/h3,5-6,9-14,21,23,26H,4,7-8,15-20H2,1-2H3,(H2,36,37,38). The molecule has 232 valence electrons. The minimum absolute atomic E-state index is 0.165. The van der Waals surface area contributed by atoms with Gasteiger partial charge in [0.25, 0.3) is 5.91 Å². The average Bonchev–Trinajstić information content (AvgIpc) is 3.37. The van der Waals surface area contributed by atoms with Gasteiger partial charge in [-0.3, -0.25) is 18.8 Å². The van der Waals surface area contributed by atoms with Gasteiger partial charge in [0.2, 0.25) is 0 Å². The molecule has 11 heteroatoms. The van der Waals surface area contributed by atoms with E-state index in [4.69, 9.17) is 10.5 Å². The van der Waals surface area contributed by atoms with Crippen LogP contribution in [0.5, 0.6) is 11.5 Å². The lowest BCUT2D eigenvalue weighted by atomic mass is 9.95. The number of carbonyl (C=O) groups is 1. The van der Waals surface area contributed by atoms with Crippen LogP contribution in [0.3, 0.4) is 0 Å². The highest BCUT2D eigenvalue weighted by Crippen LogP contribution is 2.30. The molecule has 0 radical (unpaired) electrons. The maximum atomic E-state index is 14.0. The van der Waals surface area contributed by atoms with Gasteiger partial charge >= 0.3 is 5.69 Å². The summed E-state index contributed by atoms with van der Waals surface area (Å²) in [6.07, 6.45) is 7.72. The van der Waals surface area contributed by atoms with Gasteiger partial charge in [-0.25, -0.2) is 14.8 Å². The zero-order valence-electron chi connectivity index (χ0n) is 25.7. The summed E-state index contributed by atoms with van der Waals surface area (Å²) in [7, 11) is 0. The number of piperidine rings is 2. The number of hydrogen-bond donors (Lipinski definition) is 1. The van der Waals surface area contributed by atoms with Crippen molar-refractivity contribution < 1.29 is 9.53 Å². The van der Waals surface area contributed by atoms with Gasteiger partial charge in [-0.1, -0.05) is 24.6 Å². The quantitative estimate of drug-likeness (QED) is 0.233. The first-order valence-corrected chi connectivity index (χ1v) is 15.5. The summed E-state index contributed by atoms with van der Waals surface area (Å²) < 4.78 is 9.13. The van der Waals surface area contributed by atoms with Crippen molar-refractivity contribution >= 4 is 22.9 Å². The Morgan fingerprint density at radius 1 is 0.978 bits per heavy atom. The zero-order valence-corrected chi connectivity index (χ0v) is 25.7. The summed E-state index contributed by atoms with van der Waals surface area (Å²) in [5.41, 5.74) is 7.30. The second kappa shape index (κ2) is 12.6. The second-order valence-corrected chi connectivity index (χ2v) is 12.2. The molecule has 2 saturated heterocycles. The molecule has 45 heavy (non-hydrogen) atoms. The Morgan fingerprint density at radius 3 is 2.31 bits per heavy atom. The predicted molar refractivity (Wildman–Crippen MR) is 172 cm³/mol. The van der Waals surface area contributed by atoms with E-state index in [1.54, 1.807) is 33.7 Å². The topological polar surface area (TPSA) is 135 Å². The summed E-state index contributed by atoms with van der Waals surface area (Å²) in [5.74, 6) is 1.28. The zero-order chi connectivity index (χ0) is 31.6. The molecule has 2 aromatic heterocycles. The first-order valence-electron chi connectivity index (χ1n) is 15.5. The maximum Gasteiger partial charge on any atom is 0.335 e. The SMILES string of the molecule is CC(C)(C=C(C#N)C(=O)N1CCC(n2c(=O)n(-c3ccc(Oc4ccccc4)cc3)c3c(N)ncnc32)CC1)N1CCCCC1. The number of anilines is 1. The van der Waals surface area contributed by atoms with Crippen LogP contribution < -0.4 is 16.2 Å². The van der Waals surface area contributed by atoms with E-state index in [1.165, 1.54) is 17.3 Å². The molecule has 2 aromatic carbocycles. The van der Waals surface area contributed by atoms with Crippen LogP contribution in [0.15, 0.2) is 77.4 Å². The van der Waals surface area contributed by atoms with Crippen LogP contribution in [-0.4, -0.2) is 66.5 Å². The van der Waals surface area contributed by atoms with E-state index in [1.807, 2.05) is 36.4 Å². The summed E-state index contributed by atoms with van der Waals surface area (Å²) in [5, 5.41) is 9.94. The Balaban J connectivity index is 1.23. The fourth-order valence-electron chi connectivity index (χ4n) is 6.48. The van der Waals surface area contributed by atoms with E-state index in [0.29, 0.717) is 54.3 Å². The number of nitrogens with two attached hydrogens (primary N) is 1. The molecule has 0 bridgehead atoms. The molecule has 4 heterocycles. The monoisotopic (exact) mass is 606 g/mol. The maximum absolute atomic E-state index is 14.0. The number of likely N-dealkylation sites (tertiary alicyclic amines) is 2. The number of rotatable bonds is 7. The number of hydrogen-bond acceptors (Lipinski definition) is 8. The number of benzene rings is 2. The van der Waals surface area contributed by atoms with Crippen LogP contribution in [0, 0.1) is 11.3 Å². The van der Waals surface area contributed by atoms with E-state index in [2.05, 4.69) is 34.8 Å². The highest BCUT2D eigenvalue weighted by atomic mass is 16.5. The molecule has 2 aliphatic heterocycles. The van der Waals surface area contributed by atoms with Crippen LogP contribution in [0.25, 0.3) is 16.9 Å². The number of nitriles is 1. The Hall–Kier alpha value is -4.95. The summed E-state index contributed by atoms with van der Waals surface area (Å²) in [6, 6.07) is 18.6. The Bertz CT molecular complexity index is 1800. The van der Waals surface area contributed by atoms with Crippen molar-refractivity contribution in [3.8, 4) is 23.3 Å². The predicted octanol–water partition coefficient (Wildman–Crippen LogP) is 4.83. The molecule has 0 aliphatic carbocycles. The number of nitrogen functional groups attached to an aromatic ring is 1. The number of ether oxygens (including phenoxy) is 1. The van der Waals surface area contributed by atoms with Gasteiger partial charge in [0.15, 0.2) is 11.5 Å². The molecule has 2 fully saturated rings. The molecule has 6 rings (SSSR count). The van der Waals surface area contributed by atoms with Gasteiger partial charge in [0, 0.05) is 24.7 Å². The lowest BCUT2D eigenvalue weighted by Gasteiger charge is -2.39. The number of fused-ring (bicyclic) bond motifs is 1. The molecule has 0 spiro atoms. The van der Waals surface area contributed by atoms with Crippen LogP contribution in [0.2, 0.25) is 0 Å². The van der Waals surface area contributed by atoms with Crippen LogP contribution in [0.4, 0.5) is 5.82 Å². The third-order valence-electron chi connectivity index (χ3n) is 8.89. The largest absolute Gasteiger partial charge is 0.457 e. The fourth-order valence-corrected chi connectivity index (χ4v) is 6.48. The second-order valence-electron chi connectivity index (χ2n) is 12.2. The molecular formula is C34H38N8O3. The van der Waals surface area contributed by atoms with Crippen LogP contribution in [0.1, 0.15) is 52.0 Å². The van der Waals surface area contributed by atoms with E-state index in [-0.39, 0.29) is 34.6 Å². The molecular weight excluding hydrogens is 568 g/mol. The van der Waals surface area contributed by atoms with Crippen molar-refractivity contribution in [2.24, 2.45) is 0 Å². The number of amides is 1. The lowest BCUT2D eigenvalue weighted by Crippen LogP contribution is -2.46. The molecule has 1 amide bonds. The Kier molecular flexibility index (Phi) is 8.41. The molecule has 2 N–H and O–H groups in total. The first-order chi connectivity index (χ1) is 21.8. The van der Waals surface area contributed by atoms with Crippen LogP contribution in [-0.2, 0) is 4.79 Å². The van der Waals surface area contributed by atoms with E-state index in [9.17, 15) is 14.9 Å². The van der Waals surface area contributed by atoms with Crippen molar-refractivity contribution in [2.45, 2.75) is 57.5 Å². The van der Waals surface area contributed by atoms with Gasteiger partial charge in [-0.15, -0.1) is 0 Å². The van der Waals surface area contributed by atoms with Crippen molar-refractivity contribution in [1.29, 1.82) is 5.26 Å². The average molecular weight is 607 g/mol. The third kappa shape index (κ3) is 6.06. The molecule has 0 unspecified atom stereocenters. The van der Waals surface area contributed by atoms with Crippen molar-refractivity contribution in [1.82, 2.24) is 28.9 Å². The van der Waals surface area contributed by atoms with Gasteiger partial charge < -0.3 is 15.4 Å². The van der Waals surface area contributed by atoms with Crippen LogP contribution >= 0.6 is 0 Å². The molecule has 11 nitrogen and oxygen atoms in total. The van der Waals surface area contributed by atoms with E-state index in [0.717, 1.165) is 25.9 Å². The van der Waals surface area contributed by atoms with Gasteiger partial charge in [-0.05, 0) is 95.1 Å². The molecule has 2 aliphatic rings. The fraction of sp³-hybridized carbons (Fsp3) is 0.382. The normalized spacial score (nSPS) is 16.9. The van der Waals surface area contributed by atoms with Crippen molar-refractivity contribution in [3.63, 3.8) is 0 Å². The number of nitrogens with zero attached hydrogens (tertiary/aromatic N) is 7. The Labute approximate surface area is 262 Å². The Morgan fingerprint density at radius 2 is 1.64 bits per heavy atom. The highest BCUT2D eigenvalue weighted by Gasteiger charge is 2.32. The summed E-state index contributed by atoms with van der Waals surface area (Å²) >= 11 is 0. The van der Waals surface area contributed by atoms with E-state index < -0.39 is 0 Å². The van der Waals surface area contributed by atoms with Crippen molar-refractivity contribution in [2.75, 3.05) is 31.9 Å². The van der Waals surface area contributed by atoms with Gasteiger partial charge in [-0.2, -0.15) is 5.26 Å². The summed E-state index contributed by atoms with van der Waals surface area (Å²) in [4.78, 5) is 40.2. The highest BCUT2D eigenvalue weighted by molar-refractivity contribution is 5.97. The molecule has 0 atom stereocenters. The number of para-hydroxylation sites is 1. The first kappa shape index (κ1) is 30.1. The third-order valence-corrected chi connectivity index (χ3v) is 8.89. The van der Waals surface area contributed by atoms with Crippen molar-refractivity contribution in [3.05, 3.63) is 83.1 Å². The molecule has 0 saturated carbocycles. The number of carbonyl (C=O) groups excluding carboxylic acids is 1. The van der Waals surface area contributed by atoms with E-state index >= 15 is 0 Å². The smallest absolute Gasteiger partial charge is 0.335 e. The number of aromatic nitrogens is 4. The minimum Gasteiger partial charge on any atom is -0.457 e. The molecule has 4 aromatic rings.